The number of rotatable bonds is 1. The summed E-state index contributed by atoms with van der Waals surface area (Å²) >= 11 is 3.56. The molecule has 0 saturated heterocycles. The van der Waals surface area contributed by atoms with Crippen LogP contribution in [-0.4, -0.2) is 4.57 Å². The van der Waals surface area contributed by atoms with E-state index in [2.05, 4.69) is 123 Å². The van der Waals surface area contributed by atoms with E-state index >= 15 is 0 Å². The van der Waals surface area contributed by atoms with Gasteiger partial charge in [-0.25, -0.2) is 0 Å². The largest absolute Gasteiger partial charge is 0.309 e. The Bertz CT molecular complexity index is 1090. The van der Waals surface area contributed by atoms with Crippen molar-refractivity contribution in [3.05, 3.63) is 76.3 Å². The zero-order valence-corrected chi connectivity index (χ0v) is 19.2. The van der Waals surface area contributed by atoms with Crippen LogP contribution in [0.1, 0.15) is 52.7 Å². The Kier molecular flexibility index (Phi) is 4.46. The van der Waals surface area contributed by atoms with E-state index in [0.717, 1.165) is 4.47 Å². The summed E-state index contributed by atoms with van der Waals surface area (Å²) in [5.74, 6) is 0. The molecule has 0 atom stereocenters. The van der Waals surface area contributed by atoms with Crippen molar-refractivity contribution in [1.29, 1.82) is 0 Å². The first-order chi connectivity index (χ1) is 13.1. The molecule has 3 aromatic carbocycles. The summed E-state index contributed by atoms with van der Waals surface area (Å²) in [6, 6.07) is 22.5. The van der Waals surface area contributed by atoms with Crippen LogP contribution in [0.15, 0.2) is 65.1 Å². The molecule has 28 heavy (non-hydrogen) atoms. The predicted octanol–water partition coefficient (Wildman–Crippen LogP) is 8.14. The zero-order chi connectivity index (χ0) is 20.3. The summed E-state index contributed by atoms with van der Waals surface area (Å²) in [5.41, 5.74) is 6.71. The van der Waals surface area contributed by atoms with Crippen LogP contribution in [-0.2, 0) is 10.8 Å². The lowest BCUT2D eigenvalue weighted by atomic mass is 9.85. The number of aromatic nitrogens is 1. The molecule has 0 bridgehead atoms. The average molecular weight is 434 g/mol. The molecule has 4 rings (SSSR count). The first-order valence-corrected chi connectivity index (χ1v) is 10.7. The molecule has 0 aliphatic heterocycles. The third-order valence-electron chi connectivity index (χ3n) is 5.58. The maximum Gasteiger partial charge on any atom is 0.0541 e. The first kappa shape index (κ1) is 19.3. The molecule has 0 unspecified atom stereocenters. The fourth-order valence-electron chi connectivity index (χ4n) is 3.82. The van der Waals surface area contributed by atoms with E-state index in [1.54, 1.807) is 0 Å². The topological polar surface area (TPSA) is 4.93 Å². The molecule has 1 aromatic heterocycles. The van der Waals surface area contributed by atoms with Crippen molar-refractivity contribution in [3.63, 3.8) is 0 Å². The molecule has 0 aliphatic rings. The lowest BCUT2D eigenvalue weighted by Crippen LogP contribution is -2.10. The molecule has 0 N–H and O–H groups in total. The zero-order valence-electron chi connectivity index (χ0n) is 17.6. The Morgan fingerprint density at radius 1 is 0.607 bits per heavy atom. The van der Waals surface area contributed by atoms with Gasteiger partial charge in [0.2, 0.25) is 0 Å². The second kappa shape index (κ2) is 6.49. The van der Waals surface area contributed by atoms with E-state index < -0.39 is 0 Å². The van der Waals surface area contributed by atoms with Crippen LogP contribution in [0.3, 0.4) is 0 Å². The number of benzene rings is 3. The molecular formula is C26H28BrN. The Labute approximate surface area is 176 Å². The van der Waals surface area contributed by atoms with Crippen molar-refractivity contribution in [1.82, 2.24) is 4.57 Å². The highest BCUT2D eigenvalue weighted by Gasteiger charge is 2.20. The quantitative estimate of drug-likeness (QED) is 0.285. The minimum absolute atomic E-state index is 0.127. The van der Waals surface area contributed by atoms with Gasteiger partial charge in [0.1, 0.15) is 0 Å². The van der Waals surface area contributed by atoms with Gasteiger partial charge in [-0.05, 0) is 70.5 Å². The lowest BCUT2D eigenvalue weighted by Gasteiger charge is -2.19. The van der Waals surface area contributed by atoms with Gasteiger partial charge in [0, 0.05) is 20.9 Å². The minimum atomic E-state index is 0.127. The number of hydrogen-bond acceptors (Lipinski definition) is 0. The molecule has 1 nitrogen and oxygen atoms in total. The summed E-state index contributed by atoms with van der Waals surface area (Å²) in [7, 11) is 0. The first-order valence-electron chi connectivity index (χ1n) is 9.91. The van der Waals surface area contributed by atoms with Crippen molar-refractivity contribution in [3.8, 4) is 5.69 Å². The molecule has 0 spiro atoms. The van der Waals surface area contributed by atoms with Crippen LogP contribution in [0.25, 0.3) is 27.5 Å². The van der Waals surface area contributed by atoms with Gasteiger partial charge in [0.15, 0.2) is 0 Å². The van der Waals surface area contributed by atoms with Crippen LogP contribution in [0, 0.1) is 0 Å². The second-order valence-corrected chi connectivity index (χ2v) is 10.7. The monoisotopic (exact) mass is 433 g/mol. The highest BCUT2D eigenvalue weighted by molar-refractivity contribution is 9.10. The molecule has 0 radical (unpaired) electrons. The van der Waals surface area contributed by atoms with Crippen LogP contribution in [0.4, 0.5) is 0 Å². The van der Waals surface area contributed by atoms with Gasteiger partial charge in [-0.15, -0.1) is 0 Å². The van der Waals surface area contributed by atoms with E-state index in [1.807, 2.05) is 0 Å². The fraction of sp³-hybridized carbons (Fsp3) is 0.308. The summed E-state index contributed by atoms with van der Waals surface area (Å²) in [6.45, 7) is 13.7. The van der Waals surface area contributed by atoms with E-state index in [0.29, 0.717) is 0 Å². The van der Waals surface area contributed by atoms with Crippen molar-refractivity contribution < 1.29 is 0 Å². The molecule has 0 aliphatic carbocycles. The van der Waals surface area contributed by atoms with E-state index in [9.17, 15) is 0 Å². The Hall–Kier alpha value is -2.06. The van der Waals surface area contributed by atoms with Gasteiger partial charge in [-0.3, -0.25) is 0 Å². The third kappa shape index (κ3) is 3.28. The Morgan fingerprint density at radius 2 is 1.04 bits per heavy atom. The Balaban J connectivity index is 2.11. The summed E-state index contributed by atoms with van der Waals surface area (Å²) in [5, 5.41) is 2.66. The van der Waals surface area contributed by atoms with Crippen molar-refractivity contribution >= 4 is 37.7 Å². The number of nitrogens with zero attached hydrogens (tertiary/aromatic N) is 1. The van der Waals surface area contributed by atoms with E-state index in [4.69, 9.17) is 0 Å². The molecule has 0 saturated carbocycles. The van der Waals surface area contributed by atoms with Crippen LogP contribution >= 0.6 is 15.9 Å². The molecule has 0 amide bonds. The molecule has 1 heterocycles. The number of hydrogen-bond donors (Lipinski definition) is 0. The maximum absolute atomic E-state index is 3.56. The summed E-state index contributed by atoms with van der Waals surface area (Å²) in [6.07, 6.45) is 0. The van der Waals surface area contributed by atoms with Gasteiger partial charge in [-0.2, -0.15) is 0 Å². The van der Waals surface area contributed by atoms with Gasteiger partial charge in [-0.1, -0.05) is 69.6 Å². The molecule has 4 aromatic rings. The van der Waals surface area contributed by atoms with Crippen LogP contribution < -0.4 is 0 Å². The maximum atomic E-state index is 3.56. The summed E-state index contributed by atoms with van der Waals surface area (Å²) < 4.78 is 3.48. The van der Waals surface area contributed by atoms with Gasteiger partial charge < -0.3 is 4.57 Å². The molecule has 0 fully saturated rings. The highest BCUT2D eigenvalue weighted by atomic mass is 79.9. The third-order valence-corrected chi connectivity index (χ3v) is 6.11. The van der Waals surface area contributed by atoms with Crippen LogP contribution in [0.5, 0.6) is 0 Å². The number of fused-ring (bicyclic) bond motifs is 3. The normalized spacial score (nSPS) is 12.8. The smallest absolute Gasteiger partial charge is 0.0541 e. The standard InChI is InChI=1S/C26H28BrN/c1-25(2,3)17-7-13-23-21(15-17)22-16-18(26(4,5)6)8-14-24(22)28(23)20-11-9-19(27)10-12-20/h7-16H,1-6H3. The molecule has 2 heteroatoms. The predicted molar refractivity (Wildman–Crippen MR) is 126 cm³/mol. The average Bonchev–Trinajstić information content (AvgIpc) is 2.94. The Morgan fingerprint density at radius 3 is 1.43 bits per heavy atom. The van der Waals surface area contributed by atoms with Crippen molar-refractivity contribution in [2.45, 2.75) is 52.4 Å². The van der Waals surface area contributed by atoms with Gasteiger partial charge >= 0.3 is 0 Å². The highest BCUT2D eigenvalue weighted by Crippen LogP contribution is 2.37. The summed E-state index contributed by atoms with van der Waals surface area (Å²) in [4.78, 5) is 0. The van der Waals surface area contributed by atoms with E-state index in [-0.39, 0.29) is 10.8 Å². The second-order valence-electron chi connectivity index (χ2n) is 9.78. The van der Waals surface area contributed by atoms with Gasteiger partial charge in [0.25, 0.3) is 0 Å². The van der Waals surface area contributed by atoms with Crippen LogP contribution in [0.2, 0.25) is 0 Å². The minimum Gasteiger partial charge on any atom is -0.309 e. The van der Waals surface area contributed by atoms with Crippen molar-refractivity contribution in [2.75, 3.05) is 0 Å². The number of halogens is 1. The SMILES string of the molecule is CC(C)(C)c1ccc2c(c1)c1cc(C(C)(C)C)ccc1n2-c1ccc(Br)cc1. The molecule has 144 valence electrons. The van der Waals surface area contributed by atoms with Gasteiger partial charge in [0.05, 0.1) is 11.0 Å². The fourth-order valence-corrected chi connectivity index (χ4v) is 4.09. The van der Waals surface area contributed by atoms with Crippen molar-refractivity contribution in [2.24, 2.45) is 0 Å². The van der Waals surface area contributed by atoms with E-state index in [1.165, 1.54) is 38.6 Å². The lowest BCUT2D eigenvalue weighted by molar-refractivity contribution is 0.590. The molecular weight excluding hydrogens is 406 g/mol.